The van der Waals surface area contributed by atoms with Crippen molar-refractivity contribution in [1.82, 2.24) is 15.5 Å². The van der Waals surface area contributed by atoms with Crippen LogP contribution in [0.5, 0.6) is 0 Å². The summed E-state index contributed by atoms with van der Waals surface area (Å²) in [5.41, 5.74) is 2.44. The van der Waals surface area contributed by atoms with Crippen molar-refractivity contribution in [3.63, 3.8) is 0 Å². The first kappa shape index (κ1) is 20.4. The van der Waals surface area contributed by atoms with Crippen molar-refractivity contribution in [2.75, 3.05) is 13.2 Å². The van der Waals surface area contributed by atoms with E-state index in [4.69, 9.17) is 4.74 Å². The van der Waals surface area contributed by atoms with E-state index in [0.717, 1.165) is 36.9 Å². The van der Waals surface area contributed by atoms with Crippen molar-refractivity contribution < 1.29 is 19.1 Å². The molecule has 0 saturated heterocycles. The number of carbonyl (C=O) groups excluding carboxylic acids is 3. The van der Waals surface area contributed by atoms with Crippen LogP contribution in [0.1, 0.15) is 57.1 Å². The molecule has 2 heterocycles. The summed E-state index contributed by atoms with van der Waals surface area (Å²) < 4.78 is 5.01. The molecule has 1 aromatic rings. The summed E-state index contributed by atoms with van der Waals surface area (Å²) in [7, 11) is 0. The van der Waals surface area contributed by atoms with Gasteiger partial charge in [0.2, 0.25) is 5.91 Å². The smallest absolute Gasteiger partial charge is 0.306 e. The molecule has 1 fully saturated rings. The molecule has 4 rings (SSSR count). The lowest BCUT2D eigenvalue weighted by atomic mass is 9.87. The average molecular weight is 412 g/mol. The average Bonchev–Trinajstić information content (AvgIpc) is 3.03. The number of esters is 1. The highest BCUT2D eigenvalue weighted by molar-refractivity contribution is 5.99. The van der Waals surface area contributed by atoms with Gasteiger partial charge in [-0.15, -0.1) is 0 Å². The lowest BCUT2D eigenvalue weighted by Gasteiger charge is -2.42. The lowest BCUT2D eigenvalue weighted by molar-refractivity contribution is -0.147. The van der Waals surface area contributed by atoms with Gasteiger partial charge in [-0.1, -0.05) is 43.2 Å². The van der Waals surface area contributed by atoms with Gasteiger partial charge in [-0.2, -0.15) is 0 Å². The van der Waals surface area contributed by atoms with Crippen molar-refractivity contribution >= 4 is 17.8 Å². The van der Waals surface area contributed by atoms with Gasteiger partial charge in [0.25, 0.3) is 5.91 Å². The van der Waals surface area contributed by atoms with Gasteiger partial charge >= 0.3 is 5.97 Å². The Labute approximate surface area is 176 Å². The first-order valence-corrected chi connectivity index (χ1v) is 10.9. The predicted molar refractivity (Wildman–Crippen MR) is 111 cm³/mol. The van der Waals surface area contributed by atoms with Gasteiger partial charge in [0.15, 0.2) is 0 Å². The van der Waals surface area contributed by atoms with Crippen LogP contribution < -0.4 is 10.6 Å². The topological polar surface area (TPSA) is 87.7 Å². The van der Waals surface area contributed by atoms with Crippen LogP contribution in [0.2, 0.25) is 0 Å². The molecule has 2 aliphatic heterocycles. The van der Waals surface area contributed by atoms with Crippen molar-refractivity contribution in [3.8, 4) is 0 Å². The van der Waals surface area contributed by atoms with Crippen LogP contribution in [-0.4, -0.2) is 47.9 Å². The van der Waals surface area contributed by atoms with Crippen molar-refractivity contribution in [3.05, 3.63) is 47.2 Å². The van der Waals surface area contributed by atoms with Crippen LogP contribution in [0, 0.1) is 0 Å². The van der Waals surface area contributed by atoms with E-state index in [1.165, 1.54) is 0 Å². The summed E-state index contributed by atoms with van der Waals surface area (Å²) in [5, 5.41) is 6.51. The Kier molecular flexibility index (Phi) is 6.06. The molecule has 0 aromatic heterocycles. The summed E-state index contributed by atoms with van der Waals surface area (Å²) >= 11 is 0. The zero-order valence-corrected chi connectivity index (χ0v) is 17.4. The summed E-state index contributed by atoms with van der Waals surface area (Å²) in [6, 6.07) is 9.36. The Bertz CT molecular complexity index is 851. The third kappa shape index (κ3) is 3.93. The molecule has 160 valence electrons. The van der Waals surface area contributed by atoms with E-state index in [1.54, 1.807) is 6.92 Å². The molecule has 3 atom stereocenters. The van der Waals surface area contributed by atoms with Crippen LogP contribution >= 0.6 is 0 Å². The highest BCUT2D eigenvalue weighted by Gasteiger charge is 2.45. The minimum absolute atomic E-state index is 0.0166. The standard InChI is InChI=1S/C23H29N3O4/c1-2-30-20(28)13-12-19(27)26-18-11-7-6-10-16(18)25-17-14-24-23(29)21(17)22(26)15-8-4-3-5-9-15/h3-5,8-9,16,18,22,25H,2,6-7,10-14H2,1H3,(H,24,29). The Balaban J connectivity index is 1.74. The fraction of sp³-hybridized carbons (Fsp3) is 0.522. The zero-order valence-electron chi connectivity index (χ0n) is 17.4. The number of hydrogen-bond donors (Lipinski definition) is 2. The molecular weight excluding hydrogens is 382 g/mol. The molecule has 0 spiro atoms. The van der Waals surface area contributed by atoms with Crippen LogP contribution in [0.15, 0.2) is 41.6 Å². The number of amides is 2. The lowest BCUT2D eigenvalue weighted by Crippen LogP contribution is -2.53. The highest BCUT2D eigenvalue weighted by Crippen LogP contribution is 2.40. The number of hydrogen-bond acceptors (Lipinski definition) is 5. The molecular formula is C23H29N3O4. The van der Waals surface area contributed by atoms with Crippen LogP contribution in [0.25, 0.3) is 0 Å². The second-order valence-electron chi connectivity index (χ2n) is 8.10. The Morgan fingerprint density at radius 3 is 2.67 bits per heavy atom. The summed E-state index contributed by atoms with van der Waals surface area (Å²) in [6.07, 6.45) is 4.11. The van der Waals surface area contributed by atoms with E-state index in [2.05, 4.69) is 10.6 Å². The van der Waals surface area contributed by atoms with Crippen LogP contribution in [-0.2, 0) is 19.1 Å². The molecule has 1 aromatic carbocycles. The number of benzene rings is 1. The maximum atomic E-state index is 13.5. The SMILES string of the molecule is CCOC(=O)CCC(=O)N1C(c2ccccc2)C2=C(CNC2=O)NC2CCCCC21. The van der Waals surface area contributed by atoms with E-state index in [-0.39, 0.29) is 42.7 Å². The van der Waals surface area contributed by atoms with E-state index in [1.807, 2.05) is 35.2 Å². The minimum atomic E-state index is -0.459. The summed E-state index contributed by atoms with van der Waals surface area (Å²) in [5.74, 6) is -0.606. The molecule has 30 heavy (non-hydrogen) atoms. The number of nitrogens with zero attached hydrogens (tertiary/aromatic N) is 1. The molecule has 0 bridgehead atoms. The largest absolute Gasteiger partial charge is 0.466 e. The molecule has 3 aliphatic rings. The molecule has 1 saturated carbocycles. The summed E-state index contributed by atoms with van der Waals surface area (Å²) in [6.45, 7) is 2.52. The van der Waals surface area contributed by atoms with Gasteiger partial charge in [-0.3, -0.25) is 14.4 Å². The maximum Gasteiger partial charge on any atom is 0.306 e. The molecule has 7 heteroatoms. The number of ether oxygens (including phenoxy) is 1. The first-order chi connectivity index (χ1) is 14.6. The van der Waals surface area contributed by atoms with E-state index >= 15 is 0 Å². The molecule has 0 radical (unpaired) electrons. The zero-order chi connectivity index (χ0) is 21.1. The van der Waals surface area contributed by atoms with Gasteiger partial charge in [-0.05, 0) is 25.3 Å². The summed E-state index contributed by atoms with van der Waals surface area (Å²) in [4.78, 5) is 40.2. The van der Waals surface area contributed by atoms with Crippen molar-refractivity contribution in [1.29, 1.82) is 0 Å². The van der Waals surface area contributed by atoms with Crippen LogP contribution in [0.3, 0.4) is 0 Å². The minimum Gasteiger partial charge on any atom is -0.466 e. The van der Waals surface area contributed by atoms with Crippen molar-refractivity contribution in [2.24, 2.45) is 0 Å². The van der Waals surface area contributed by atoms with Gasteiger partial charge in [0, 0.05) is 18.2 Å². The Hall–Kier alpha value is -2.83. The molecule has 2 amide bonds. The number of nitrogens with one attached hydrogen (secondary N) is 2. The third-order valence-electron chi connectivity index (χ3n) is 6.25. The quantitative estimate of drug-likeness (QED) is 0.726. The molecule has 7 nitrogen and oxygen atoms in total. The van der Waals surface area contributed by atoms with E-state index in [9.17, 15) is 14.4 Å². The monoisotopic (exact) mass is 411 g/mol. The third-order valence-corrected chi connectivity index (χ3v) is 6.25. The molecule has 3 unspecified atom stereocenters. The Morgan fingerprint density at radius 2 is 1.90 bits per heavy atom. The maximum absolute atomic E-state index is 13.5. The van der Waals surface area contributed by atoms with Gasteiger partial charge in [-0.25, -0.2) is 0 Å². The van der Waals surface area contributed by atoms with Crippen LogP contribution in [0.4, 0.5) is 0 Å². The highest BCUT2D eigenvalue weighted by atomic mass is 16.5. The Morgan fingerprint density at radius 1 is 1.13 bits per heavy atom. The van der Waals surface area contributed by atoms with Gasteiger partial charge in [0.1, 0.15) is 0 Å². The second-order valence-corrected chi connectivity index (χ2v) is 8.10. The predicted octanol–water partition coefficient (Wildman–Crippen LogP) is 2.20. The number of rotatable bonds is 5. The molecule has 2 N–H and O–H groups in total. The fourth-order valence-electron chi connectivity index (χ4n) is 4.94. The van der Waals surface area contributed by atoms with Gasteiger partial charge < -0.3 is 20.3 Å². The number of fused-ring (bicyclic) bond motifs is 1. The number of carbonyl (C=O) groups is 3. The second kappa shape index (κ2) is 8.90. The fourth-order valence-corrected chi connectivity index (χ4v) is 4.94. The van der Waals surface area contributed by atoms with Crippen molar-refractivity contribution in [2.45, 2.75) is 63.6 Å². The molecule has 1 aliphatic carbocycles. The van der Waals surface area contributed by atoms with E-state index < -0.39 is 6.04 Å². The first-order valence-electron chi connectivity index (χ1n) is 10.9. The van der Waals surface area contributed by atoms with Gasteiger partial charge in [0.05, 0.1) is 37.2 Å². The van der Waals surface area contributed by atoms with E-state index in [0.29, 0.717) is 18.7 Å². The normalized spacial score (nSPS) is 25.6.